The normalized spacial score (nSPS) is 10.8. The minimum atomic E-state index is -6.00. The van der Waals surface area contributed by atoms with Crippen molar-refractivity contribution in [3.63, 3.8) is 0 Å². The van der Waals surface area contributed by atoms with E-state index in [0.29, 0.717) is 5.92 Å². The van der Waals surface area contributed by atoms with Gasteiger partial charge in [0.25, 0.3) is 0 Å². The zero-order valence-corrected chi connectivity index (χ0v) is 34.2. The molecule has 1 aromatic heterocycles. The van der Waals surface area contributed by atoms with E-state index in [0.717, 1.165) is 5.69 Å². The number of nitrogens with zero attached hydrogens (tertiary/aromatic N) is 1. The third kappa shape index (κ3) is 16.6. The topological polar surface area (TPSA) is 12.9 Å². The van der Waals surface area contributed by atoms with Gasteiger partial charge in [-0.25, -0.2) is 0 Å². The van der Waals surface area contributed by atoms with E-state index in [1.807, 2.05) is 42.4 Å². The van der Waals surface area contributed by atoms with Crippen LogP contribution >= 0.6 is 25.5 Å². The fourth-order valence-corrected chi connectivity index (χ4v) is 10.5. The molecule has 277 valence electrons. The van der Waals surface area contributed by atoms with Crippen LogP contribution in [-0.4, -0.2) is 12.2 Å². The molecule has 0 amide bonds. The molecule has 0 fully saturated rings. The molecule has 6 aromatic carbocycles. The van der Waals surface area contributed by atoms with Gasteiger partial charge in [-0.05, 0) is 84.9 Å². The van der Waals surface area contributed by atoms with Gasteiger partial charge in [0.1, 0.15) is 31.8 Å². The smallest absolute Gasteiger partial charge is 0.0620 e. The molecule has 0 aliphatic heterocycles. The predicted molar refractivity (Wildman–Crippen MR) is 227 cm³/mol. The average Bonchev–Trinajstić information content (AvgIpc) is 3.22. The SMILES string of the molecule is F[B-](F)(F)F.[CH2-][C@@H](C)c1ccccn1.[Cl][Ru+2].c1ccc([PH+](c2ccccc2)c2ccccc2)cc1.c1ccc([PH+](c2ccccc2)c2ccccc2)cc1. The number of aromatic nitrogens is 1. The molecule has 0 saturated carbocycles. The summed E-state index contributed by atoms with van der Waals surface area (Å²) in [6.45, 7) is 5.88. The summed E-state index contributed by atoms with van der Waals surface area (Å²) in [6.07, 6.45) is 1.79. The zero-order valence-electron chi connectivity index (χ0n) is 29.7. The van der Waals surface area contributed by atoms with Gasteiger partial charge in [-0.3, -0.25) is 4.98 Å². The Morgan fingerprint density at radius 2 is 0.648 bits per heavy atom. The van der Waals surface area contributed by atoms with Crippen molar-refractivity contribution in [2.24, 2.45) is 0 Å². The van der Waals surface area contributed by atoms with Crippen LogP contribution in [0.25, 0.3) is 0 Å². The fraction of sp³-hybridized carbons (Fsp3) is 0.0455. The standard InChI is InChI=1S/2C18H15P.C8H10N.BF4.ClH.Ru/c2*1-4-10-16(11-5-1)19(17-12-6-2-7-13-17)18-14-8-3-9-15-18;1-7(2)8-5-3-4-6-9-8;2-1(3,4)5;;/h2*1-15H;3-7H,1H2,2H3;;1H;/q;;2*-1;;+3/p+1/t;;7-;;;/m..0.../s1. The summed E-state index contributed by atoms with van der Waals surface area (Å²) in [5.41, 5.74) is 1.05. The van der Waals surface area contributed by atoms with E-state index >= 15 is 0 Å². The Morgan fingerprint density at radius 1 is 0.444 bits per heavy atom. The molecule has 0 spiro atoms. The molecule has 0 N–H and O–H groups in total. The predicted octanol–water partition coefficient (Wildman–Crippen LogP) is 10.4. The van der Waals surface area contributed by atoms with Gasteiger partial charge in [0.15, 0.2) is 0 Å². The molecule has 7 rings (SSSR count). The van der Waals surface area contributed by atoms with Crippen molar-refractivity contribution in [1.29, 1.82) is 0 Å². The number of halogens is 5. The van der Waals surface area contributed by atoms with Crippen LogP contribution in [0.1, 0.15) is 18.5 Å². The van der Waals surface area contributed by atoms with Crippen LogP contribution in [0.3, 0.4) is 0 Å². The molecular weight excluding hydrogens is 828 g/mol. The molecule has 0 saturated heterocycles. The minimum absolute atomic E-state index is 0.297. The number of benzene rings is 6. The number of hydrogen-bond acceptors (Lipinski definition) is 1. The Bertz CT molecular complexity index is 1640. The molecule has 0 aliphatic rings. The van der Waals surface area contributed by atoms with Gasteiger partial charge in [-0.1, -0.05) is 122 Å². The van der Waals surface area contributed by atoms with Crippen LogP contribution < -0.4 is 31.8 Å². The van der Waals surface area contributed by atoms with Crippen molar-refractivity contribution in [3.8, 4) is 0 Å². The van der Waals surface area contributed by atoms with Gasteiger partial charge in [-0.2, -0.15) is 0 Å². The molecule has 7 aromatic rings. The van der Waals surface area contributed by atoms with Crippen LogP contribution in [0.5, 0.6) is 0 Å². The van der Waals surface area contributed by atoms with Gasteiger partial charge in [0.2, 0.25) is 0 Å². The van der Waals surface area contributed by atoms with Gasteiger partial charge in [0, 0.05) is 11.9 Å². The van der Waals surface area contributed by atoms with Gasteiger partial charge < -0.3 is 24.2 Å². The third-order valence-corrected chi connectivity index (χ3v) is 13.0. The van der Waals surface area contributed by atoms with E-state index in [1.165, 1.54) is 31.8 Å². The number of hydrogen-bond donors (Lipinski definition) is 0. The molecule has 0 unspecified atom stereocenters. The summed E-state index contributed by atoms with van der Waals surface area (Å²) >= 11 is 1.82. The van der Waals surface area contributed by atoms with E-state index in [-0.39, 0.29) is 0 Å². The molecule has 1 nitrogen and oxygen atoms in total. The van der Waals surface area contributed by atoms with Crippen LogP contribution in [0.15, 0.2) is 206 Å². The molecule has 54 heavy (non-hydrogen) atoms. The van der Waals surface area contributed by atoms with Gasteiger partial charge in [0.05, 0.1) is 15.8 Å². The van der Waals surface area contributed by atoms with E-state index in [4.69, 9.17) is 0 Å². The molecule has 0 radical (unpaired) electrons. The van der Waals surface area contributed by atoms with E-state index in [9.17, 15) is 17.3 Å². The number of pyridine rings is 1. The fourth-order valence-electron chi connectivity index (χ4n) is 5.30. The quantitative estimate of drug-likeness (QED) is 0.0673. The van der Waals surface area contributed by atoms with Crippen molar-refractivity contribution in [3.05, 3.63) is 219 Å². The van der Waals surface area contributed by atoms with Crippen molar-refractivity contribution in [2.75, 3.05) is 0 Å². The Labute approximate surface area is 334 Å². The molecule has 0 bridgehead atoms. The second kappa shape index (κ2) is 25.2. The summed E-state index contributed by atoms with van der Waals surface area (Å²) in [6, 6.07) is 70.9. The average molecular weight is 870 g/mol. The first kappa shape index (κ1) is 44.4. The first-order valence-corrected chi connectivity index (χ1v) is 22.3. The third-order valence-electron chi connectivity index (χ3n) is 7.57. The Kier molecular flexibility index (Phi) is 20.7. The van der Waals surface area contributed by atoms with Crippen molar-refractivity contribution in [2.45, 2.75) is 12.8 Å². The minimum Gasteiger partial charge on any atom is -0.0620 e. The molecular formula is C44H42BClF4NP2Ru+2. The Hall–Kier alpha value is -3.97. The molecule has 0 aliphatic carbocycles. The largest absolute Gasteiger partial charge is 0.102 e. The van der Waals surface area contributed by atoms with Crippen LogP contribution in [-0.2, 0) is 17.3 Å². The summed E-state index contributed by atoms with van der Waals surface area (Å²) in [7, 11) is -3.19. The molecule has 1 heterocycles. The first-order chi connectivity index (χ1) is 26.2. The van der Waals surface area contributed by atoms with E-state index in [2.05, 4.69) is 204 Å². The second-order valence-electron chi connectivity index (χ2n) is 11.6. The van der Waals surface area contributed by atoms with E-state index in [1.54, 1.807) is 6.20 Å². The summed E-state index contributed by atoms with van der Waals surface area (Å²) in [5.74, 6) is 0.297. The maximum absolute atomic E-state index is 9.75. The molecule has 1 atom stereocenters. The van der Waals surface area contributed by atoms with Crippen molar-refractivity contribution >= 4 is 64.6 Å². The first-order valence-electron chi connectivity index (χ1n) is 17.0. The van der Waals surface area contributed by atoms with Crippen LogP contribution in [0.4, 0.5) is 17.3 Å². The number of rotatable bonds is 7. The van der Waals surface area contributed by atoms with Crippen molar-refractivity contribution in [1.82, 2.24) is 4.98 Å². The summed E-state index contributed by atoms with van der Waals surface area (Å²) in [4.78, 5) is 4.12. The second-order valence-corrected chi connectivity index (χ2v) is 16.6. The maximum Gasteiger partial charge on any atom is 0.102 e. The zero-order chi connectivity index (χ0) is 39.0. The monoisotopic (exact) mass is 870 g/mol. The van der Waals surface area contributed by atoms with Crippen LogP contribution in [0.2, 0.25) is 0 Å². The Morgan fingerprint density at radius 3 is 0.796 bits per heavy atom. The van der Waals surface area contributed by atoms with E-state index < -0.39 is 23.1 Å². The van der Waals surface area contributed by atoms with Gasteiger partial charge >= 0.3 is 34.3 Å². The van der Waals surface area contributed by atoms with Crippen molar-refractivity contribution < 1.29 is 34.6 Å². The summed E-state index contributed by atoms with van der Waals surface area (Å²) in [5, 5.41) is 8.61. The molecule has 10 heteroatoms. The van der Waals surface area contributed by atoms with Gasteiger partial charge in [-0.15, -0.1) is 5.92 Å². The maximum atomic E-state index is 9.75. The Balaban J connectivity index is 0.000000210. The summed E-state index contributed by atoms with van der Waals surface area (Å²) < 4.78 is 39.0. The van der Waals surface area contributed by atoms with Crippen LogP contribution in [0, 0.1) is 6.92 Å².